The fourth-order valence-electron chi connectivity index (χ4n) is 3.68. The van der Waals surface area contributed by atoms with E-state index in [0.717, 1.165) is 22.5 Å². The number of carbonyl (C=O) groups excluding carboxylic acids is 1. The lowest BCUT2D eigenvalue weighted by molar-refractivity contribution is 0.0533. The van der Waals surface area contributed by atoms with Gasteiger partial charge in [0.15, 0.2) is 5.78 Å². The van der Waals surface area contributed by atoms with Crippen molar-refractivity contribution < 1.29 is 19.7 Å². The number of hydrogen-bond donors (Lipinski definition) is 4. The maximum atomic E-state index is 13.2. The van der Waals surface area contributed by atoms with Gasteiger partial charge in [-0.3, -0.25) is 4.79 Å². The minimum absolute atomic E-state index is 0.0271. The highest BCUT2D eigenvalue weighted by Crippen LogP contribution is 2.33. The van der Waals surface area contributed by atoms with Crippen molar-refractivity contribution in [2.45, 2.75) is 18.9 Å². The molecule has 0 amide bonds. The van der Waals surface area contributed by atoms with E-state index in [0.29, 0.717) is 35.4 Å². The number of nitrogens with one attached hydrogen (secondary N) is 1. The molecule has 3 aromatic rings. The molecule has 1 aliphatic carbocycles. The third-order valence-electron chi connectivity index (χ3n) is 5.25. The molecule has 6 heteroatoms. The van der Waals surface area contributed by atoms with E-state index in [2.05, 4.69) is 5.32 Å². The number of hydrogen-bond acceptors (Lipinski definition) is 6. The van der Waals surface area contributed by atoms with Gasteiger partial charge in [-0.25, -0.2) is 0 Å². The van der Waals surface area contributed by atoms with Crippen molar-refractivity contribution in [2.75, 3.05) is 24.3 Å². The van der Waals surface area contributed by atoms with Crippen molar-refractivity contribution in [3.63, 3.8) is 0 Å². The van der Waals surface area contributed by atoms with Gasteiger partial charge in [0.2, 0.25) is 0 Å². The maximum Gasteiger partial charge on any atom is 0.193 e. The Balaban J connectivity index is 1.62. The summed E-state index contributed by atoms with van der Waals surface area (Å²) in [6.07, 6.45) is 0.353. The zero-order chi connectivity index (χ0) is 21.1. The summed E-state index contributed by atoms with van der Waals surface area (Å²) in [5, 5.41) is 21.9. The Morgan fingerprint density at radius 3 is 2.67 bits per heavy atom. The highest BCUT2D eigenvalue weighted by molar-refractivity contribution is 6.11. The molecule has 0 aliphatic heterocycles. The van der Waals surface area contributed by atoms with Crippen LogP contribution in [-0.2, 0) is 12.8 Å². The number of rotatable bonds is 6. The van der Waals surface area contributed by atoms with Gasteiger partial charge in [-0.15, -0.1) is 0 Å². The van der Waals surface area contributed by atoms with Crippen LogP contribution in [0, 0.1) is 0 Å². The van der Waals surface area contributed by atoms with E-state index in [1.54, 1.807) is 18.2 Å². The van der Waals surface area contributed by atoms with E-state index in [9.17, 15) is 9.90 Å². The minimum Gasteiger partial charge on any atom is -0.490 e. The fraction of sp³-hybridized carbons (Fsp3) is 0.208. The zero-order valence-corrected chi connectivity index (χ0v) is 16.5. The van der Waals surface area contributed by atoms with Crippen molar-refractivity contribution in [2.24, 2.45) is 0 Å². The summed E-state index contributed by atoms with van der Waals surface area (Å²) in [6, 6.07) is 18.6. The van der Waals surface area contributed by atoms with Crippen molar-refractivity contribution in [3.8, 4) is 5.75 Å². The van der Waals surface area contributed by atoms with Gasteiger partial charge in [0.05, 0.1) is 18.0 Å². The van der Waals surface area contributed by atoms with Crippen molar-refractivity contribution in [3.05, 3.63) is 82.9 Å². The number of nitrogens with two attached hydrogens (primary N) is 1. The van der Waals surface area contributed by atoms with Crippen LogP contribution in [0.15, 0.2) is 60.7 Å². The Morgan fingerprint density at radius 1 is 1.03 bits per heavy atom. The molecule has 4 rings (SSSR count). The smallest absolute Gasteiger partial charge is 0.193 e. The van der Waals surface area contributed by atoms with Gasteiger partial charge in [0.25, 0.3) is 0 Å². The van der Waals surface area contributed by atoms with Crippen LogP contribution in [-0.4, -0.2) is 35.3 Å². The fourth-order valence-corrected chi connectivity index (χ4v) is 3.68. The van der Waals surface area contributed by atoms with Crippen LogP contribution in [0.3, 0.4) is 0 Å². The lowest BCUT2D eigenvalue weighted by Crippen LogP contribution is -2.22. The summed E-state index contributed by atoms with van der Waals surface area (Å²) in [7, 11) is 0. The Morgan fingerprint density at radius 2 is 1.87 bits per heavy atom. The highest BCUT2D eigenvalue weighted by atomic mass is 16.5. The first-order valence-electron chi connectivity index (χ1n) is 9.89. The first kappa shape index (κ1) is 19.9. The number of anilines is 3. The minimum atomic E-state index is -0.960. The summed E-state index contributed by atoms with van der Waals surface area (Å²) >= 11 is 0. The largest absolute Gasteiger partial charge is 0.490 e. The quantitative estimate of drug-likeness (QED) is 0.471. The Bertz CT molecular complexity index is 1080. The third-order valence-corrected chi connectivity index (χ3v) is 5.25. The summed E-state index contributed by atoms with van der Waals surface area (Å²) in [6.45, 7) is -0.401. The normalized spacial score (nSPS) is 13.7. The van der Waals surface area contributed by atoms with Gasteiger partial charge in [-0.05, 0) is 54.8 Å². The molecule has 0 radical (unpaired) electrons. The van der Waals surface area contributed by atoms with Gasteiger partial charge < -0.3 is 26.0 Å². The molecule has 5 N–H and O–H groups in total. The molecule has 3 aromatic carbocycles. The molecule has 0 unspecified atom stereocenters. The number of fused-ring (bicyclic) bond motifs is 2. The molecule has 30 heavy (non-hydrogen) atoms. The van der Waals surface area contributed by atoms with E-state index in [1.807, 2.05) is 42.5 Å². The molecular weight excluding hydrogens is 380 g/mol. The van der Waals surface area contributed by atoms with Gasteiger partial charge in [0.1, 0.15) is 18.5 Å². The SMILES string of the molecule is Nc1ccccc1Nc1ccc2c(c1)CCc1c(OC[C@H](O)CO)cccc1C2=O. The predicted octanol–water partition coefficient (Wildman–Crippen LogP) is 3.07. The van der Waals surface area contributed by atoms with Crippen LogP contribution in [0.25, 0.3) is 0 Å². The van der Waals surface area contributed by atoms with E-state index in [1.165, 1.54) is 0 Å². The molecule has 154 valence electrons. The number of aryl methyl sites for hydroxylation is 1. The third kappa shape index (κ3) is 4.01. The second kappa shape index (κ2) is 8.57. The monoisotopic (exact) mass is 404 g/mol. The lowest BCUT2D eigenvalue weighted by atomic mass is 9.98. The van der Waals surface area contributed by atoms with Crippen LogP contribution < -0.4 is 15.8 Å². The van der Waals surface area contributed by atoms with Gasteiger partial charge >= 0.3 is 0 Å². The van der Waals surface area contributed by atoms with Crippen molar-refractivity contribution in [1.29, 1.82) is 0 Å². The van der Waals surface area contributed by atoms with Crippen molar-refractivity contribution in [1.82, 2.24) is 0 Å². The van der Waals surface area contributed by atoms with Gasteiger partial charge in [-0.1, -0.05) is 24.3 Å². The highest BCUT2D eigenvalue weighted by Gasteiger charge is 2.24. The maximum absolute atomic E-state index is 13.2. The number of aliphatic hydroxyl groups is 2. The summed E-state index contributed by atoms with van der Waals surface area (Å²) in [5.74, 6) is 0.521. The number of ether oxygens (including phenoxy) is 1. The van der Waals surface area contributed by atoms with E-state index < -0.39 is 6.10 Å². The number of nitrogen functional groups attached to an aromatic ring is 1. The average molecular weight is 404 g/mol. The average Bonchev–Trinajstić information content (AvgIpc) is 2.90. The molecule has 0 saturated heterocycles. The number of ketones is 1. The first-order valence-corrected chi connectivity index (χ1v) is 9.89. The molecule has 0 spiro atoms. The van der Waals surface area contributed by atoms with Gasteiger partial charge in [0, 0.05) is 22.4 Å². The molecule has 0 saturated carbocycles. The van der Waals surface area contributed by atoms with E-state index in [-0.39, 0.29) is 19.0 Å². The zero-order valence-electron chi connectivity index (χ0n) is 16.5. The Labute approximate surface area is 174 Å². The summed E-state index contributed by atoms with van der Waals surface area (Å²) < 4.78 is 5.69. The Hall–Kier alpha value is -3.35. The number of para-hydroxylation sites is 2. The molecule has 0 aromatic heterocycles. The van der Waals surface area contributed by atoms with Crippen LogP contribution in [0.4, 0.5) is 17.1 Å². The number of aliphatic hydroxyl groups excluding tert-OH is 2. The van der Waals surface area contributed by atoms with Crippen molar-refractivity contribution >= 4 is 22.8 Å². The second-order valence-electron chi connectivity index (χ2n) is 7.34. The second-order valence-corrected chi connectivity index (χ2v) is 7.34. The molecule has 1 aliphatic rings. The summed E-state index contributed by atoms with van der Waals surface area (Å²) in [4.78, 5) is 13.2. The molecule has 0 heterocycles. The topological polar surface area (TPSA) is 105 Å². The van der Waals surface area contributed by atoms with E-state index >= 15 is 0 Å². The number of carbonyl (C=O) groups is 1. The van der Waals surface area contributed by atoms with Gasteiger partial charge in [-0.2, -0.15) is 0 Å². The lowest BCUT2D eigenvalue weighted by Gasteiger charge is -2.15. The molecule has 0 bridgehead atoms. The first-order chi connectivity index (χ1) is 14.6. The number of benzene rings is 3. The van der Waals surface area contributed by atoms with Crippen LogP contribution in [0.1, 0.15) is 27.0 Å². The Kier molecular flexibility index (Phi) is 5.70. The van der Waals surface area contributed by atoms with Crippen LogP contribution in [0.2, 0.25) is 0 Å². The van der Waals surface area contributed by atoms with E-state index in [4.69, 9.17) is 15.6 Å². The predicted molar refractivity (Wildman–Crippen MR) is 116 cm³/mol. The molecule has 6 nitrogen and oxygen atoms in total. The molecular formula is C24H24N2O4. The molecule has 0 fully saturated rings. The standard InChI is InChI=1S/C24H24N2O4/c25-21-5-1-2-6-22(21)26-16-9-11-18-15(12-16)8-10-19-20(24(18)29)4-3-7-23(19)30-14-17(28)13-27/h1-7,9,11-12,17,26-28H,8,10,13-14,25H2/t17-/m1/s1. The van der Waals surface area contributed by atoms with Crippen LogP contribution >= 0.6 is 0 Å². The summed E-state index contributed by atoms with van der Waals surface area (Å²) in [5.41, 5.74) is 11.4. The van der Waals surface area contributed by atoms with Crippen LogP contribution in [0.5, 0.6) is 5.75 Å². The molecule has 1 atom stereocenters.